The quantitative estimate of drug-likeness (QED) is 0.567. The molecule has 0 amide bonds. The monoisotopic (exact) mass is 193 g/mol. The molecule has 1 aromatic carbocycles. The topological polar surface area (TPSA) is 53.3 Å². The zero-order valence-corrected chi connectivity index (χ0v) is 8.50. The van der Waals surface area contributed by atoms with Gasteiger partial charge in [0.05, 0.1) is 6.61 Å². The molecule has 0 radical (unpaired) electrons. The van der Waals surface area contributed by atoms with Gasteiger partial charge < -0.3 is 9.84 Å². The summed E-state index contributed by atoms with van der Waals surface area (Å²) in [5.41, 5.74) is 4.11. The van der Waals surface area contributed by atoms with E-state index in [9.17, 15) is 0 Å². The Morgan fingerprint density at radius 3 is 2.71 bits per heavy atom. The van der Waals surface area contributed by atoms with Gasteiger partial charge in [-0.25, -0.2) is 0 Å². The van der Waals surface area contributed by atoms with Crippen LogP contribution in [0.5, 0.6) is 0 Å². The third-order valence-corrected chi connectivity index (χ3v) is 2.43. The van der Waals surface area contributed by atoms with Crippen LogP contribution < -0.4 is 0 Å². The highest BCUT2D eigenvalue weighted by atomic mass is 16.5. The molecule has 0 fully saturated rings. The van der Waals surface area contributed by atoms with E-state index in [1.54, 1.807) is 0 Å². The van der Waals surface area contributed by atoms with Crippen molar-refractivity contribution in [2.24, 2.45) is 0 Å². The molecule has 0 saturated carbocycles. The molecule has 2 N–H and O–H groups in total. The lowest BCUT2D eigenvalue weighted by Crippen LogP contribution is -2.00. The summed E-state index contributed by atoms with van der Waals surface area (Å²) in [6, 6.07) is 3.93. The van der Waals surface area contributed by atoms with Crippen LogP contribution in [0.2, 0.25) is 0 Å². The van der Waals surface area contributed by atoms with Gasteiger partial charge in [0, 0.05) is 0 Å². The number of aliphatic hydroxyl groups is 1. The molecule has 0 aliphatic rings. The molecule has 0 bridgehead atoms. The van der Waals surface area contributed by atoms with Crippen LogP contribution in [0.4, 0.5) is 0 Å². The predicted octanol–water partition coefficient (Wildman–Crippen LogP) is 1.92. The Kier molecular flexibility index (Phi) is 3.65. The van der Waals surface area contributed by atoms with Gasteiger partial charge in [-0.3, -0.25) is 5.41 Å². The number of ether oxygens (including phenoxy) is 1. The second kappa shape index (κ2) is 4.77. The molecule has 0 spiro atoms. The number of aryl methyl sites for hydroxylation is 1. The van der Waals surface area contributed by atoms with Crippen LogP contribution in [0.1, 0.15) is 22.3 Å². The van der Waals surface area contributed by atoms with Gasteiger partial charge in [0.1, 0.15) is 6.61 Å². The van der Waals surface area contributed by atoms with E-state index < -0.39 is 0 Å². The normalized spacial score (nSPS) is 9.93. The summed E-state index contributed by atoms with van der Waals surface area (Å²) in [5.74, 6) is 0. The second-order valence-electron chi connectivity index (χ2n) is 3.23. The highest BCUT2D eigenvalue weighted by Gasteiger charge is 2.06. The molecule has 14 heavy (non-hydrogen) atoms. The average Bonchev–Trinajstić information content (AvgIpc) is 2.18. The second-order valence-corrected chi connectivity index (χ2v) is 3.23. The van der Waals surface area contributed by atoms with Crippen LogP contribution in [0.3, 0.4) is 0 Å². The van der Waals surface area contributed by atoms with Gasteiger partial charge in [0.2, 0.25) is 0 Å². The minimum absolute atomic E-state index is 0.0517. The lowest BCUT2D eigenvalue weighted by atomic mass is 9.99. The van der Waals surface area contributed by atoms with Crippen LogP contribution >= 0.6 is 0 Å². The van der Waals surface area contributed by atoms with Gasteiger partial charge >= 0.3 is 0 Å². The fourth-order valence-electron chi connectivity index (χ4n) is 1.47. The van der Waals surface area contributed by atoms with Crippen molar-refractivity contribution in [3.8, 4) is 0 Å². The first-order chi connectivity index (χ1) is 6.70. The molecule has 0 atom stereocenters. The van der Waals surface area contributed by atoms with Crippen LogP contribution in [0.15, 0.2) is 12.1 Å². The first-order valence-electron chi connectivity index (χ1n) is 4.50. The number of nitrogens with one attached hydrogen (secondary N) is 1. The summed E-state index contributed by atoms with van der Waals surface area (Å²) >= 11 is 0. The third-order valence-electron chi connectivity index (χ3n) is 2.43. The fraction of sp³-hybridized carbons (Fsp3) is 0.364. The Bertz CT molecular complexity index is 334. The number of rotatable bonds is 4. The highest BCUT2D eigenvalue weighted by Crippen LogP contribution is 2.18. The maximum Gasteiger partial charge on any atom is 0.167 e. The summed E-state index contributed by atoms with van der Waals surface area (Å²) < 4.78 is 4.90. The first kappa shape index (κ1) is 10.7. The van der Waals surface area contributed by atoms with Gasteiger partial charge in [-0.2, -0.15) is 0 Å². The predicted molar refractivity (Wildman–Crippen MR) is 55.4 cm³/mol. The van der Waals surface area contributed by atoms with Crippen molar-refractivity contribution in [2.45, 2.75) is 27.1 Å². The molecule has 0 saturated heterocycles. The minimum atomic E-state index is 0.0517. The lowest BCUT2D eigenvalue weighted by Gasteiger charge is -2.11. The third kappa shape index (κ3) is 2.12. The zero-order chi connectivity index (χ0) is 10.6. The van der Waals surface area contributed by atoms with Crippen molar-refractivity contribution < 1.29 is 9.84 Å². The summed E-state index contributed by atoms with van der Waals surface area (Å²) in [4.78, 5) is 0. The number of benzene rings is 1. The lowest BCUT2D eigenvalue weighted by molar-refractivity contribution is 0.278. The van der Waals surface area contributed by atoms with Crippen molar-refractivity contribution in [1.29, 1.82) is 5.41 Å². The standard InChI is InChI=1S/C11H15NO2/c1-8-3-4-10(6-14-7-12)9(2)11(8)5-13/h3-4,7,12-13H,5-6H2,1-2H3. The highest BCUT2D eigenvalue weighted by molar-refractivity contribution is 5.43. The molecule has 3 nitrogen and oxygen atoms in total. The SMILES string of the molecule is Cc1ccc(COC=N)c(C)c1CO. The first-order valence-corrected chi connectivity index (χ1v) is 4.50. The van der Waals surface area contributed by atoms with Crippen molar-refractivity contribution in [3.63, 3.8) is 0 Å². The van der Waals surface area contributed by atoms with E-state index in [0.717, 1.165) is 28.7 Å². The molecule has 0 unspecified atom stereocenters. The number of hydrogen-bond donors (Lipinski definition) is 2. The Hall–Kier alpha value is -1.35. The molecule has 0 aliphatic heterocycles. The molecule has 0 heterocycles. The van der Waals surface area contributed by atoms with Crippen molar-refractivity contribution in [2.75, 3.05) is 0 Å². The largest absolute Gasteiger partial charge is 0.479 e. The molecule has 1 rings (SSSR count). The molecule has 0 aliphatic carbocycles. The minimum Gasteiger partial charge on any atom is -0.479 e. The van der Waals surface area contributed by atoms with E-state index in [-0.39, 0.29) is 6.61 Å². The maximum absolute atomic E-state index is 9.16. The fourth-order valence-corrected chi connectivity index (χ4v) is 1.47. The Morgan fingerprint density at radius 2 is 2.14 bits per heavy atom. The van der Waals surface area contributed by atoms with Gasteiger partial charge in [0.15, 0.2) is 6.40 Å². The smallest absolute Gasteiger partial charge is 0.167 e. The van der Waals surface area contributed by atoms with Crippen LogP contribution in [-0.2, 0) is 18.0 Å². The number of hydrogen-bond acceptors (Lipinski definition) is 3. The van der Waals surface area contributed by atoms with Crippen molar-refractivity contribution in [3.05, 3.63) is 34.4 Å². The Labute approximate surface area is 83.8 Å². The molecule has 3 heteroatoms. The van der Waals surface area contributed by atoms with Gasteiger partial charge in [-0.1, -0.05) is 12.1 Å². The van der Waals surface area contributed by atoms with E-state index >= 15 is 0 Å². The van der Waals surface area contributed by atoms with Gasteiger partial charge in [-0.05, 0) is 36.1 Å². The summed E-state index contributed by atoms with van der Waals surface area (Å²) in [5, 5.41) is 15.9. The molecular formula is C11H15NO2. The Balaban J connectivity index is 3.01. The maximum atomic E-state index is 9.16. The van der Waals surface area contributed by atoms with E-state index in [0.29, 0.717) is 6.61 Å². The Morgan fingerprint density at radius 1 is 1.43 bits per heavy atom. The average molecular weight is 193 g/mol. The van der Waals surface area contributed by atoms with Crippen LogP contribution in [-0.4, -0.2) is 11.5 Å². The van der Waals surface area contributed by atoms with Crippen LogP contribution in [0, 0.1) is 19.3 Å². The molecule has 76 valence electrons. The van der Waals surface area contributed by atoms with Crippen molar-refractivity contribution >= 4 is 6.40 Å². The van der Waals surface area contributed by atoms with Gasteiger partial charge in [0.25, 0.3) is 0 Å². The number of aliphatic hydroxyl groups excluding tert-OH is 1. The molecule has 1 aromatic rings. The van der Waals surface area contributed by atoms with E-state index in [4.69, 9.17) is 15.3 Å². The van der Waals surface area contributed by atoms with E-state index in [2.05, 4.69) is 0 Å². The zero-order valence-electron chi connectivity index (χ0n) is 8.50. The van der Waals surface area contributed by atoms with E-state index in [1.807, 2.05) is 26.0 Å². The summed E-state index contributed by atoms with van der Waals surface area (Å²) in [6.07, 6.45) is 0.928. The van der Waals surface area contributed by atoms with Crippen LogP contribution in [0.25, 0.3) is 0 Å². The van der Waals surface area contributed by atoms with Crippen molar-refractivity contribution in [1.82, 2.24) is 0 Å². The molecule has 0 aromatic heterocycles. The summed E-state index contributed by atoms with van der Waals surface area (Å²) in [7, 11) is 0. The molecular weight excluding hydrogens is 178 g/mol. The van der Waals surface area contributed by atoms with Gasteiger partial charge in [-0.15, -0.1) is 0 Å². The van der Waals surface area contributed by atoms with E-state index in [1.165, 1.54) is 0 Å². The summed E-state index contributed by atoms with van der Waals surface area (Å²) in [6.45, 7) is 4.37.